The van der Waals surface area contributed by atoms with Crippen LogP contribution in [0, 0.1) is 0 Å². The first kappa shape index (κ1) is 24.7. The number of benzene rings is 2. The molecule has 2 amide bonds. The Morgan fingerprint density at radius 2 is 1.61 bits per heavy atom. The normalized spacial score (nSPS) is 11.8. The van der Waals surface area contributed by atoms with E-state index in [0.29, 0.717) is 29.5 Å². The summed E-state index contributed by atoms with van der Waals surface area (Å²) in [6, 6.07) is 14.3. The van der Waals surface area contributed by atoms with Gasteiger partial charge < -0.3 is 15.0 Å². The van der Waals surface area contributed by atoms with Gasteiger partial charge in [0.1, 0.15) is 11.8 Å². The van der Waals surface area contributed by atoms with Crippen LogP contribution in [0.3, 0.4) is 0 Å². The van der Waals surface area contributed by atoms with Gasteiger partial charge in [-0.3, -0.25) is 14.5 Å². The first-order chi connectivity index (χ1) is 14.9. The standard InChI is InChI=1S/C24H32ClN3O3/c1-5-27(6-2)22(29)17-31-21-15-14-19(16-20(21)25)26-24(30)23(28(7-3)8-4)18-12-10-9-11-13-18/h9-16,23H,5-8,17H2,1-4H3,(H,26,30). The van der Waals surface area contributed by atoms with E-state index < -0.39 is 6.04 Å². The Morgan fingerprint density at radius 3 is 2.16 bits per heavy atom. The molecular weight excluding hydrogens is 414 g/mol. The predicted octanol–water partition coefficient (Wildman–Crippen LogP) is 4.61. The van der Waals surface area contributed by atoms with Gasteiger partial charge in [-0.2, -0.15) is 0 Å². The molecule has 2 aromatic carbocycles. The minimum Gasteiger partial charge on any atom is -0.482 e. The average molecular weight is 446 g/mol. The van der Waals surface area contributed by atoms with Crippen molar-refractivity contribution in [3.05, 3.63) is 59.1 Å². The summed E-state index contributed by atoms with van der Waals surface area (Å²) >= 11 is 6.35. The number of hydrogen-bond donors (Lipinski definition) is 1. The van der Waals surface area contributed by atoms with Crippen molar-refractivity contribution in [1.82, 2.24) is 9.80 Å². The van der Waals surface area contributed by atoms with Gasteiger partial charge in [0.25, 0.3) is 5.91 Å². The summed E-state index contributed by atoms with van der Waals surface area (Å²) < 4.78 is 5.59. The lowest BCUT2D eigenvalue weighted by Gasteiger charge is -2.29. The summed E-state index contributed by atoms with van der Waals surface area (Å²) in [6.45, 7) is 10.6. The van der Waals surface area contributed by atoms with Gasteiger partial charge in [-0.05, 0) is 50.7 Å². The van der Waals surface area contributed by atoms with E-state index in [1.807, 2.05) is 58.0 Å². The SMILES string of the molecule is CCN(CC)C(=O)COc1ccc(NC(=O)C(c2ccccc2)N(CC)CC)cc1Cl. The number of amides is 2. The molecule has 0 bridgehead atoms. The second-order valence-corrected chi connectivity index (χ2v) is 7.43. The molecule has 0 spiro atoms. The van der Waals surface area contributed by atoms with Crippen molar-refractivity contribution in [3.63, 3.8) is 0 Å². The van der Waals surface area contributed by atoms with Gasteiger partial charge in [0.05, 0.1) is 5.02 Å². The number of nitrogens with one attached hydrogen (secondary N) is 1. The minimum absolute atomic E-state index is 0.0782. The molecule has 0 aliphatic rings. The van der Waals surface area contributed by atoms with Crippen molar-refractivity contribution in [2.75, 3.05) is 38.1 Å². The van der Waals surface area contributed by atoms with Crippen molar-refractivity contribution in [3.8, 4) is 5.75 Å². The first-order valence-corrected chi connectivity index (χ1v) is 11.1. The largest absolute Gasteiger partial charge is 0.482 e. The van der Waals surface area contributed by atoms with Gasteiger partial charge in [0.2, 0.25) is 5.91 Å². The molecule has 2 aromatic rings. The molecule has 31 heavy (non-hydrogen) atoms. The van der Waals surface area contributed by atoms with Crippen LogP contribution in [0.2, 0.25) is 5.02 Å². The third-order valence-electron chi connectivity index (χ3n) is 5.21. The van der Waals surface area contributed by atoms with Crippen LogP contribution in [-0.2, 0) is 9.59 Å². The van der Waals surface area contributed by atoms with Crippen LogP contribution in [0.15, 0.2) is 48.5 Å². The van der Waals surface area contributed by atoms with Gasteiger partial charge in [-0.1, -0.05) is 55.8 Å². The number of halogens is 1. The molecule has 0 heterocycles. The lowest BCUT2D eigenvalue weighted by molar-refractivity contribution is -0.133. The first-order valence-electron chi connectivity index (χ1n) is 10.7. The highest BCUT2D eigenvalue weighted by atomic mass is 35.5. The Labute approximate surface area is 190 Å². The van der Waals surface area contributed by atoms with Crippen molar-refractivity contribution in [2.24, 2.45) is 0 Å². The zero-order valence-electron chi connectivity index (χ0n) is 18.7. The number of hydrogen-bond acceptors (Lipinski definition) is 4. The van der Waals surface area contributed by atoms with E-state index in [0.717, 1.165) is 18.7 Å². The zero-order valence-corrected chi connectivity index (χ0v) is 19.5. The van der Waals surface area contributed by atoms with E-state index in [9.17, 15) is 9.59 Å². The molecule has 0 saturated carbocycles. The fraction of sp³-hybridized carbons (Fsp3) is 0.417. The Kier molecular flexibility index (Phi) is 9.82. The van der Waals surface area contributed by atoms with Crippen LogP contribution in [0.5, 0.6) is 5.75 Å². The summed E-state index contributed by atoms with van der Waals surface area (Å²) in [5, 5.41) is 3.30. The number of carbonyl (C=O) groups is 2. The Hall–Kier alpha value is -2.57. The van der Waals surface area contributed by atoms with Gasteiger partial charge in [0.15, 0.2) is 6.61 Å². The number of rotatable bonds is 11. The predicted molar refractivity (Wildman–Crippen MR) is 126 cm³/mol. The van der Waals surface area contributed by atoms with E-state index in [2.05, 4.69) is 10.2 Å². The monoisotopic (exact) mass is 445 g/mol. The molecule has 2 rings (SSSR count). The number of carbonyl (C=O) groups excluding carboxylic acids is 2. The van der Waals surface area contributed by atoms with E-state index in [-0.39, 0.29) is 18.4 Å². The van der Waals surface area contributed by atoms with Gasteiger partial charge in [-0.25, -0.2) is 0 Å². The van der Waals surface area contributed by atoms with Crippen molar-refractivity contribution in [2.45, 2.75) is 33.7 Å². The third-order valence-corrected chi connectivity index (χ3v) is 5.50. The molecule has 0 aliphatic carbocycles. The fourth-order valence-corrected chi connectivity index (χ4v) is 3.70. The summed E-state index contributed by atoms with van der Waals surface area (Å²) in [6.07, 6.45) is 0. The number of ether oxygens (including phenoxy) is 1. The molecule has 6 nitrogen and oxygen atoms in total. The summed E-state index contributed by atoms with van der Waals surface area (Å²) in [4.78, 5) is 29.1. The molecule has 1 unspecified atom stereocenters. The van der Waals surface area contributed by atoms with Crippen molar-refractivity contribution in [1.29, 1.82) is 0 Å². The quantitative estimate of drug-likeness (QED) is 0.548. The van der Waals surface area contributed by atoms with E-state index in [1.165, 1.54) is 0 Å². The number of anilines is 1. The lowest BCUT2D eigenvalue weighted by atomic mass is 10.0. The highest BCUT2D eigenvalue weighted by Gasteiger charge is 2.26. The van der Waals surface area contributed by atoms with Crippen LogP contribution >= 0.6 is 11.6 Å². The molecule has 1 N–H and O–H groups in total. The molecular formula is C24H32ClN3O3. The molecule has 0 fully saturated rings. The van der Waals surface area contributed by atoms with Crippen molar-refractivity contribution >= 4 is 29.1 Å². The van der Waals surface area contributed by atoms with Crippen LogP contribution in [-0.4, -0.2) is 54.4 Å². The molecule has 1 atom stereocenters. The maximum absolute atomic E-state index is 13.1. The third kappa shape index (κ3) is 6.71. The number of nitrogens with zero attached hydrogens (tertiary/aromatic N) is 2. The number of likely N-dealkylation sites (N-methyl/N-ethyl adjacent to an activating group) is 2. The highest BCUT2D eigenvalue weighted by Crippen LogP contribution is 2.29. The van der Waals surface area contributed by atoms with Gasteiger partial charge >= 0.3 is 0 Å². The van der Waals surface area contributed by atoms with Crippen LogP contribution in [0.1, 0.15) is 39.3 Å². The molecule has 0 radical (unpaired) electrons. The van der Waals surface area contributed by atoms with E-state index in [1.54, 1.807) is 23.1 Å². The van der Waals surface area contributed by atoms with Crippen molar-refractivity contribution < 1.29 is 14.3 Å². The van der Waals surface area contributed by atoms with Crippen LogP contribution < -0.4 is 10.1 Å². The second kappa shape index (κ2) is 12.3. The average Bonchev–Trinajstić information content (AvgIpc) is 2.78. The van der Waals surface area contributed by atoms with E-state index in [4.69, 9.17) is 16.3 Å². The maximum atomic E-state index is 13.1. The topological polar surface area (TPSA) is 61.9 Å². The minimum atomic E-state index is -0.405. The Morgan fingerprint density at radius 1 is 0.968 bits per heavy atom. The second-order valence-electron chi connectivity index (χ2n) is 7.02. The molecule has 0 aliphatic heterocycles. The summed E-state index contributed by atoms with van der Waals surface area (Å²) in [5.74, 6) is 0.184. The maximum Gasteiger partial charge on any atom is 0.260 e. The summed E-state index contributed by atoms with van der Waals surface area (Å²) in [5.41, 5.74) is 1.51. The molecule has 0 saturated heterocycles. The Balaban J connectivity index is 2.11. The van der Waals surface area contributed by atoms with Gasteiger partial charge in [-0.15, -0.1) is 0 Å². The Bertz CT molecular complexity index is 852. The summed E-state index contributed by atoms with van der Waals surface area (Å²) in [7, 11) is 0. The zero-order chi connectivity index (χ0) is 22.8. The highest BCUT2D eigenvalue weighted by molar-refractivity contribution is 6.32. The molecule has 7 heteroatoms. The van der Waals surface area contributed by atoms with Crippen LogP contribution in [0.25, 0.3) is 0 Å². The molecule has 168 valence electrons. The van der Waals surface area contributed by atoms with Crippen LogP contribution in [0.4, 0.5) is 5.69 Å². The lowest BCUT2D eigenvalue weighted by Crippen LogP contribution is -2.37. The van der Waals surface area contributed by atoms with Gasteiger partial charge in [0, 0.05) is 18.8 Å². The smallest absolute Gasteiger partial charge is 0.260 e. The molecule has 0 aromatic heterocycles. The van der Waals surface area contributed by atoms with E-state index >= 15 is 0 Å². The fourth-order valence-electron chi connectivity index (χ4n) is 3.47.